The third kappa shape index (κ3) is 3.42. The van der Waals surface area contributed by atoms with Crippen LogP contribution in [0.25, 0.3) is 0 Å². The molecule has 0 fully saturated rings. The predicted molar refractivity (Wildman–Crippen MR) is 66.2 cm³/mol. The Morgan fingerprint density at radius 1 is 1.53 bits per heavy atom. The minimum atomic E-state index is -0.420. The molecule has 0 aromatic heterocycles. The third-order valence-electron chi connectivity index (χ3n) is 2.82. The molecule has 1 unspecified atom stereocenters. The zero-order chi connectivity index (χ0) is 13.1. The molecule has 0 aliphatic rings. The number of rotatable bonds is 5. The van der Waals surface area contributed by atoms with E-state index in [1.807, 2.05) is 13.8 Å². The lowest BCUT2D eigenvalue weighted by Gasteiger charge is -2.23. The summed E-state index contributed by atoms with van der Waals surface area (Å²) in [6.07, 6.45) is 0.779. The molecular formula is C12H18N2O3. The van der Waals surface area contributed by atoms with Gasteiger partial charge in [0.15, 0.2) is 0 Å². The van der Waals surface area contributed by atoms with Crippen molar-refractivity contribution in [2.24, 2.45) is 5.73 Å². The molecule has 0 spiro atoms. The Hall–Kier alpha value is -1.62. The summed E-state index contributed by atoms with van der Waals surface area (Å²) in [7, 11) is 0. The second-order valence-corrected chi connectivity index (χ2v) is 4.45. The Morgan fingerprint density at radius 2 is 2.18 bits per heavy atom. The van der Waals surface area contributed by atoms with Gasteiger partial charge in [-0.05, 0) is 26.3 Å². The summed E-state index contributed by atoms with van der Waals surface area (Å²) >= 11 is 0. The van der Waals surface area contributed by atoms with Gasteiger partial charge in [-0.25, -0.2) is 0 Å². The van der Waals surface area contributed by atoms with E-state index in [0.29, 0.717) is 17.9 Å². The van der Waals surface area contributed by atoms with Crippen molar-refractivity contribution < 1.29 is 9.66 Å². The van der Waals surface area contributed by atoms with E-state index in [4.69, 9.17) is 10.5 Å². The zero-order valence-corrected chi connectivity index (χ0v) is 10.4. The van der Waals surface area contributed by atoms with Crippen molar-refractivity contribution in [1.82, 2.24) is 0 Å². The van der Waals surface area contributed by atoms with Gasteiger partial charge in [0.2, 0.25) is 0 Å². The third-order valence-corrected chi connectivity index (χ3v) is 2.82. The molecule has 0 saturated carbocycles. The number of nitrogens with two attached hydrogens (primary N) is 1. The number of nitro benzene ring substituents is 1. The highest BCUT2D eigenvalue weighted by Gasteiger charge is 2.19. The predicted octanol–water partition coefficient (Wildman–Crippen LogP) is 2.41. The van der Waals surface area contributed by atoms with Crippen molar-refractivity contribution >= 4 is 5.69 Å². The van der Waals surface area contributed by atoms with Crippen LogP contribution in [-0.4, -0.2) is 17.1 Å². The van der Waals surface area contributed by atoms with Crippen molar-refractivity contribution in [2.45, 2.75) is 32.7 Å². The molecule has 0 saturated heterocycles. The van der Waals surface area contributed by atoms with Gasteiger partial charge in [0.1, 0.15) is 12.4 Å². The van der Waals surface area contributed by atoms with Crippen LogP contribution in [0.3, 0.4) is 0 Å². The monoisotopic (exact) mass is 238 g/mol. The number of hydrogen-bond donors (Lipinski definition) is 1. The van der Waals surface area contributed by atoms with Crippen LogP contribution >= 0.6 is 0 Å². The Labute approximate surface area is 101 Å². The van der Waals surface area contributed by atoms with Gasteiger partial charge in [-0.15, -0.1) is 0 Å². The van der Waals surface area contributed by atoms with Crippen molar-refractivity contribution in [3.63, 3.8) is 0 Å². The Bertz CT molecular complexity index is 416. The van der Waals surface area contributed by atoms with Crippen LogP contribution in [-0.2, 0) is 0 Å². The maximum Gasteiger partial charge on any atom is 0.276 e. The first-order valence-corrected chi connectivity index (χ1v) is 5.53. The fourth-order valence-corrected chi connectivity index (χ4v) is 1.30. The summed E-state index contributed by atoms with van der Waals surface area (Å²) in [5.41, 5.74) is 6.13. The summed E-state index contributed by atoms with van der Waals surface area (Å²) in [4.78, 5) is 10.3. The number of nitro groups is 1. The largest absolute Gasteiger partial charge is 0.491 e. The first-order chi connectivity index (χ1) is 7.87. The molecular weight excluding hydrogens is 220 g/mol. The van der Waals surface area contributed by atoms with Gasteiger partial charge in [-0.3, -0.25) is 10.1 Å². The highest BCUT2D eigenvalue weighted by atomic mass is 16.6. The fraction of sp³-hybridized carbons (Fsp3) is 0.500. The van der Waals surface area contributed by atoms with Gasteiger partial charge in [0, 0.05) is 11.6 Å². The van der Waals surface area contributed by atoms with Crippen LogP contribution in [0.1, 0.15) is 25.8 Å². The fourth-order valence-electron chi connectivity index (χ4n) is 1.30. The maximum absolute atomic E-state index is 10.8. The van der Waals surface area contributed by atoms with Gasteiger partial charge in [-0.1, -0.05) is 13.0 Å². The smallest absolute Gasteiger partial charge is 0.276 e. The molecule has 0 heterocycles. The van der Waals surface area contributed by atoms with Crippen molar-refractivity contribution in [3.8, 4) is 5.75 Å². The van der Waals surface area contributed by atoms with E-state index in [2.05, 4.69) is 0 Å². The first-order valence-electron chi connectivity index (χ1n) is 5.53. The number of nitrogens with zero attached hydrogens (tertiary/aromatic N) is 1. The van der Waals surface area contributed by atoms with E-state index in [9.17, 15) is 10.1 Å². The van der Waals surface area contributed by atoms with Crippen LogP contribution in [0.2, 0.25) is 0 Å². The lowest BCUT2D eigenvalue weighted by atomic mass is 10.0. The quantitative estimate of drug-likeness (QED) is 0.631. The Morgan fingerprint density at radius 3 is 2.71 bits per heavy atom. The summed E-state index contributed by atoms with van der Waals surface area (Å²) in [6, 6.07) is 4.79. The molecule has 0 radical (unpaired) electrons. The van der Waals surface area contributed by atoms with Crippen LogP contribution in [0.15, 0.2) is 18.2 Å². The maximum atomic E-state index is 10.8. The van der Waals surface area contributed by atoms with Crippen LogP contribution in [0.5, 0.6) is 5.75 Å². The molecule has 0 aliphatic carbocycles. The van der Waals surface area contributed by atoms with Crippen LogP contribution < -0.4 is 10.5 Å². The second-order valence-electron chi connectivity index (χ2n) is 4.45. The molecule has 94 valence electrons. The SMILES string of the molecule is CCC(C)(N)COc1cccc([N+](=O)[O-])c1C. The van der Waals surface area contributed by atoms with Crippen LogP contribution in [0, 0.1) is 17.0 Å². The van der Waals surface area contributed by atoms with E-state index < -0.39 is 10.5 Å². The van der Waals surface area contributed by atoms with Crippen molar-refractivity contribution in [2.75, 3.05) is 6.61 Å². The van der Waals surface area contributed by atoms with Gasteiger partial charge in [-0.2, -0.15) is 0 Å². The molecule has 0 bridgehead atoms. The lowest BCUT2D eigenvalue weighted by Crippen LogP contribution is -2.41. The lowest BCUT2D eigenvalue weighted by molar-refractivity contribution is -0.385. The van der Waals surface area contributed by atoms with E-state index in [0.717, 1.165) is 6.42 Å². The number of hydrogen-bond acceptors (Lipinski definition) is 4. The average molecular weight is 238 g/mol. The molecule has 2 N–H and O–H groups in total. The van der Waals surface area contributed by atoms with E-state index in [-0.39, 0.29) is 5.69 Å². The molecule has 0 aliphatic heterocycles. The molecule has 5 heteroatoms. The summed E-state index contributed by atoms with van der Waals surface area (Å²) in [5.74, 6) is 0.518. The zero-order valence-electron chi connectivity index (χ0n) is 10.4. The molecule has 1 aromatic rings. The summed E-state index contributed by atoms with van der Waals surface area (Å²) < 4.78 is 5.55. The Kier molecular flexibility index (Phi) is 4.07. The van der Waals surface area contributed by atoms with E-state index in [1.54, 1.807) is 19.1 Å². The minimum absolute atomic E-state index is 0.0673. The van der Waals surface area contributed by atoms with Crippen molar-refractivity contribution in [3.05, 3.63) is 33.9 Å². The molecule has 0 amide bonds. The van der Waals surface area contributed by atoms with Gasteiger partial charge in [0.05, 0.1) is 10.5 Å². The number of ether oxygens (including phenoxy) is 1. The van der Waals surface area contributed by atoms with E-state index >= 15 is 0 Å². The van der Waals surface area contributed by atoms with Crippen molar-refractivity contribution in [1.29, 1.82) is 0 Å². The molecule has 1 rings (SSSR count). The summed E-state index contributed by atoms with van der Waals surface area (Å²) in [6.45, 7) is 5.88. The minimum Gasteiger partial charge on any atom is -0.491 e. The highest BCUT2D eigenvalue weighted by molar-refractivity contribution is 5.48. The molecule has 17 heavy (non-hydrogen) atoms. The van der Waals surface area contributed by atoms with Gasteiger partial charge >= 0.3 is 0 Å². The first kappa shape index (κ1) is 13.4. The molecule has 5 nitrogen and oxygen atoms in total. The van der Waals surface area contributed by atoms with E-state index in [1.165, 1.54) is 6.07 Å². The second kappa shape index (κ2) is 5.14. The topological polar surface area (TPSA) is 78.4 Å². The average Bonchev–Trinajstić information content (AvgIpc) is 2.27. The molecule has 1 aromatic carbocycles. The normalized spacial score (nSPS) is 14.1. The van der Waals surface area contributed by atoms with Gasteiger partial charge in [0.25, 0.3) is 5.69 Å². The van der Waals surface area contributed by atoms with Gasteiger partial charge < -0.3 is 10.5 Å². The Balaban J connectivity index is 2.86. The number of benzene rings is 1. The van der Waals surface area contributed by atoms with Crippen LogP contribution in [0.4, 0.5) is 5.69 Å². The molecule has 1 atom stereocenters. The summed E-state index contributed by atoms with van der Waals surface area (Å²) in [5, 5.41) is 10.8. The highest BCUT2D eigenvalue weighted by Crippen LogP contribution is 2.27. The standard InChI is InChI=1S/C12H18N2O3/c1-4-12(3,13)8-17-11-7-5-6-10(9(11)2)14(15)16/h5-7H,4,8,13H2,1-3H3.